The lowest BCUT2D eigenvalue weighted by atomic mass is 10.1. The van der Waals surface area contributed by atoms with E-state index < -0.39 is 0 Å². The molecule has 0 N–H and O–H groups in total. The van der Waals surface area contributed by atoms with E-state index >= 15 is 0 Å². The van der Waals surface area contributed by atoms with Crippen molar-refractivity contribution in [2.24, 2.45) is 0 Å². The van der Waals surface area contributed by atoms with Crippen molar-refractivity contribution in [2.45, 2.75) is 17.4 Å². The molecule has 1 aliphatic rings. The molecule has 1 aromatic carbocycles. The van der Waals surface area contributed by atoms with Gasteiger partial charge in [-0.25, -0.2) is 0 Å². The molecule has 0 amide bonds. The Morgan fingerprint density at radius 2 is 2.06 bits per heavy atom. The number of hydrogen-bond acceptors (Lipinski definition) is 4. The molecule has 3 rings (SSSR count). The number of furan rings is 1. The molecule has 2 nitrogen and oxygen atoms in total. The SMILES string of the molecule is CC1SCCSC1C(=O)c1cc2ccccc2o1. The van der Waals surface area contributed by atoms with E-state index in [1.807, 2.05) is 42.1 Å². The molecule has 94 valence electrons. The van der Waals surface area contributed by atoms with E-state index in [2.05, 4.69) is 6.92 Å². The highest BCUT2D eigenvalue weighted by Gasteiger charge is 2.31. The standard InChI is InChI=1S/C14H14O2S2/c1-9-14(18-7-6-17-9)13(15)12-8-10-4-2-3-5-11(10)16-12/h2-5,8-9,14H,6-7H2,1H3. The quantitative estimate of drug-likeness (QED) is 0.781. The molecule has 1 fully saturated rings. The molecule has 2 heterocycles. The van der Waals surface area contributed by atoms with Crippen molar-refractivity contribution in [3.05, 3.63) is 36.1 Å². The van der Waals surface area contributed by atoms with Crippen molar-refractivity contribution in [1.82, 2.24) is 0 Å². The molecular weight excluding hydrogens is 264 g/mol. The number of para-hydroxylation sites is 1. The summed E-state index contributed by atoms with van der Waals surface area (Å²) in [5.74, 6) is 2.82. The third kappa shape index (κ3) is 2.19. The fourth-order valence-electron chi connectivity index (χ4n) is 2.16. The molecule has 18 heavy (non-hydrogen) atoms. The van der Waals surface area contributed by atoms with Crippen LogP contribution in [0.25, 0.3) is 11.0 Å². The van der Waals surface area contributed by atoms with Gasteiger partial charge in [0.05, 0.1) is 5.25 Å². The summed E-state index contributed by atoms with van der Waals surface area (Å²) in [4.78, 5) is 12.5. The summed E-state index contributed by atoms with van der Waals surface area (Å²) in [6.07, 6.45) is 0. The van der Waals surface area contributed by atoms with Gasteiger partial charge in [-0.05, 0) is 12.1 Å². The Bertz CT molecular complexity index is 543. The number of hydrogen-bond donors (Lipinski definition) is 0. The van der Waals surface area contributed by atoms with Crippen LogP contribution in [-0.4, -0.2) is 27.8 Å². The maximum atomic E-state index is 12.5. The summed E-state index contributed by atoms with van der Waals surface area (Å²) in [5.41, 5.74) is 0.793. The predicted octanol–water partition coefficient (Wildman–Crippen LogP) is 3.85. The van der Waals surface area contributed by atoms with Crippen molar-refractivity contribution < 1.29 is 9.21 Å². The number of benzene rings is 1. The van der Waals surface area contributed by atoms with Crippen LogP contribution >= 0.6 is 23.5 Å². The molecule has 0 aliphatic carbocycles. The molecule has 1 saturated heterocycles. The molecule has 2 aromatic rings. The fraction of sp³-hybridized carbons (Fsp3) is 0.357. The average molecular weight is 278 g/mol. The topological polar surface area (TPSA) is 30.2 Å². The molecule has 2 unspecified atom stereocenters. The van der Waals surface area contributed by atoms with Crippen molar-refractivity contribution in [3.63, 3.8) is 0 Å². The first-order valence-electron chi connectivity index (χ1n) is 6.02. The van der Waals surface area contributed by atoms with Crippen LogP contribution in [0.15, 0.2) is 34.7 Å². The molecule has 4 heteroatoms. The van der Waals surface area contributed by atoms with Gasteiger partial charge in [-0.1, -0.05) is 25.1 Å². The maximum absolute atomic E-state index is 12.5. The van der Waals surface area contributed by atoms with Gasteiger partial charge in [0.1, 0.15) is 5.58 Å². The van der Waals surface area contributed by atoms with Crippen molar-refractivity contribution in [3.8, 4) is 0 Å². The van der Waals surface area contributed by atoms with Crippen LogP contribution in [0.2, 0.25) is 0 Å². The van der Waals surface area contributed by atoms with E-state index in [0.29, 0.717) is 11.0 Å². The van der Waals surface area contributed by atoms with Gasteiger partial charge in [0.2, 0.25) is 5.78 Å². The van der Waals surface area contributed by atoms with E-state index in [-0.39, 0.29) is 11.0 Å². The van der Waals surface area contributed by atoms with Gasteiger partial charge >= 0.3 is 0 Å². The second-order valence-corrected chi connectivity index (χ2v) is 7.11. The van der Waals surface area contributed by atoms with Gasteiger partial charge in [-0.15, -0.1) is 11.8 Å². The predicted molar refractivity (Wildman–Crippen MR) is 78.7 cm³/mol. The minimum Gasteiger partial charge on any atom is -0.453 e. The first kappa shape index (κ1) is 12.2. The zero-order chi connectivity index (χ0) is 12.5. The van der Waals surface area contributed by atoms with Crippen LogP contribution in [0.3, 0.4) is 0 Å². The highest BCUT2D eigenvalue weighted by Crippen LogP contribution is 2.34. The zero-order valence-corrected chi connectivity index (χ0v) is 11.7. The third-order valence-electron chi connectivity index (χ3n) is 3.11. The van der Waals surface area contributed by atoms with Gasteiger partial charge in [-0.2, -0.15) is 11.8 Å². The lowest BCUT2D eigenvalue weighted by Gasteiger charge is -2.25. The minimum absolute atomic E-state index is 0.0318. The highest BCUT2D eigenvalue weighted by atomic mass is 32.2. The third-order valence-corrected chi connectivity index (χ3v) is 6.20. The monoisotopic (exact) mass is 278 g/mol. The summed E-state index contributed by atoms with van der Waals surface area (Å²) in [6, 6.07) is 9.62. The number of carbonyl (C=O) groups is 1. The minimum atomic E-state index is 0.0318. The van der Waals surface area contributed by atoms with Crippen molar-refractivity contribution in [1.29, 1.82) is 0 Å². The van der Waals surface area contributed by atoms with Crippen LogP contribution in [0.5, 0.6) is 0 Å². The number of rotatable bonds is 2. The van der Waals surface area contributed by atoms with Crippen LogP contribution in [-0.2, 0) is 0 Å². The van der Waals surface area contributed by atoms with E-state index in [9.17, 15) is 4.79 Å². The molecule has 1 aromatic heterocycles. The second-order valence-electron chi connectivity index (χ2n) is 4.38. The first-order valence-corrected chi connectivity index (χ1v) is 8.11. The number of fused-ring (bicyclic) bond motifs is 1. The maximum Gasteiger partial charge on any atom is 0.212 e. The van der Waals surface area contributed by atoms with Crippen molar-refractivity contribution >= 4 is 40.3 Å². The van der Waals surface area contributed by atoms with Gasteiger partial charge in [-0.3, -0.25) is 4.79 Å². The lowest BCUT2D eigenvalue weighted by Crippen LogP contribution is -2.30. The van der Waals surface area contributed by atoms with Gasteiger partial charge in [0, 0.05) is 22.1 Å². The Kier molecular flexibility index (Phi) is 3.39. The summed E-state index contributed by atoms with van der Waals surface area (Å²) in [5, 5.41) is 1.40. The Balaban J connectivity index is 1.91. The van der Waals surface area contributed by atoms with Crippen LogP contribution in [0.1, 0.15) is 17.5 Å². The lowest BCUT2D eigenvalue weighted by molar-refractivity contribution is 0.0965. The average Bonchev–Trinajstić information content (AvgIpc) is 2.82. The van der Waals surface area contributed by atoms with E-state index in [1.165, 1.54) is 0 Å². The molecule has 1 aliphatic heterocycles. The molecular formula is C14H14O2S2. The zero-order valence-electron chi connectivity index (χ0n) is 10.1. The Morgan fingerprint density at radius 1 is 1.28 bits per heavy atom. The van der Waals surface area contributed by atoms with Gasteiger partial charge in [0.25, 0.3) is 0 Å². The van der Waals surface area contributed by atoms with Crippen LogP contribution < -0.4 is 0 Å². The van der Waals surface area contributed by atoms with E-state index in [1.54, 1.807) is 11.8 Å². The van der Waals surface area contributed by atoms with Crippen molar-refractivity contribution in [2.75, 3.05) is 11.5 Å². The van der Waals surface area contributed by atoms with Gasteiger partial charge in [0.15, 0.2) is 5.76 Å². The van der Waals surface area contributed by atoms with Crippen LogP contribution in [0, 0.1) is 0 Å². The Morgan fingerprint density at radius 3 is 2.83 bits per heavy atom. The summed E-state index contributed by atoms with van der Waals surface area (Å²) in [7, 11) is 0. The summed E-state index contributed by atoms with van der Waals surface area (Å²) in [6.45, 7) is 2.13. The number of ketones is 1. The first-order chi connectivity index (χ1) is 8.75. The second kappa shape index (κ2) is 5.02. The van der Waals surface area contributed by atoms with E-state index in [0.717, 1.165) is 22.5 Å². The number of carbonyl (C=O) groups excluding carboxylic acids is 1. The molecule has 0 spiro atoms. The molecule has 0 bridgehead atoms. The van der Waals surface area contributed by atoms with Gasteiger partial charge < -0.3 is 4.42 Å². The largest absolute Gasteiger partial charge is 0.453 e. The Labute approximate surface area is 114 Å². The number of Topliss-reactive ketones (excluding diaryl/α,β-unsaturated/α-hetero) is 1. The smallest absolute Gasteiger partial charge is 0.212 e. The van der Waals surface area contributed by atoms with Crippen LogP contribution in [0.4, 0.5) is 0 Å². The summed E-state index contributed by atoms with van der Waals surface area (Å²) < 4.78 is 5.66. The fourth-order valence-corrected chi connectivity index (χ4v) is 4.87. The summed E-state index contributed by atoms with van der Waals surface area (Å²) >= 11 is 3.63. The molecule has 0 saturated carbocycles. The number of thioether (sulfide) groups is 2. The highest BCUT2D eigenvalue weighted by molar-refractivity contribution is 8.07. The normalized spacial score (nSPS) is 24.3. The molecule has 2 atom stereocenters. The molecule has 0 radical (unpaired) electrons. The Hall–Kier alpha value is -0.870. The van der Waals surface area contributed by atoms with E-state index in [4.69, 9.17) is 4.42 Å².